The van der Waals surface area contributed by atoms with Crippen molar-refractivity contribution in [1.29, 1.82) is 0 Å². The summed E-state index contributed by atoms with van der Waals surface area (Å²) in [6.45, 7) is 7.08. The molecule has 19 heavy (non-hydrogen) atoms. The van der Waals surface area contributed by atoms with E-state index in [1.54, 1.807) is 6.26 Å². The quantitative estimate of drug-likeness (QED) is 0.866. The minimum absolute atomic E-state index is 0.0263. The van der Waals surface area contributed by atoms with Gasteiger partial charge in [0.15, 0.2) is 0 Å². The summed E-state index contributed by atoms with van der Waals surface area (Å²) in [7, 11) is 5.04. The van der Waals surface area contributed by atoms with E-state index < -0.39 is 10.8 Å². The Bertz CT molecular complexity index is 496. The SMILES string of the molecule is CS(=O)c1cc(C(C)(C)C)cc(C[N+](C)(C)C)c1O. The van der Waals surface area contributed by atoms with Crippen LogP contribution in [0.25, 0.3) is 0 Å². The van der Waals surface area contributed by atoms with Crippen LogP contribution in [0.5, 0.6) is 5.75 Å². The minimum atomic E-state index is -1.18. The molecule has 1 unspecified atom stereocenters. The van der Waals surface area contributed by atoms with E-state index in [1.807, 2.05) is 12.1 Å². The molecule has 0 amide bonds. The number of rotatable bonds is 3. The first-order valence-electron chi connectivity index (χ1n) is 6.42. The third kappa shape index (κ3) is 4.32. The van der Waals surface area contributed by atoms with Crippen molar-refractivity contribution in [3.05, 3.63) is 23.3 Å². The van der Waals surface area contributed by atoms with Gasteiger partial charge in [-0.1, -0.05) is 20.8 Å². The summed E-state index contributed by atoms with van der Waals surface area (Å²) in [6.07, 6.45) is 1.61. The molecule has 0 aliphatic rings. The largest absolute Gasteiger partial charge is 0.506 e. The molecule has 1 atom stereocenters. The van der Waals surface area contributed by atoms with Crippen molar-refractivity contribution in [2.45, 2.75) is 37.6 Å². The highest BCUT2D eigenvalue weighted by atomic mass is 32.2. The second-order valence-electron chi connectivity index (χ2n) is 7.13. The Morgan fingerprint density at radius 1 is 1.21 bits per heavy atom. The van der Waals surface area contributed by atoms with E-state index in [2.05, 4.69) is 41.9 Å². The second kappa shape index (κ2) is 5.25. The van der Waals surface area contributed by atoms with Crippen LogP contribution >= 0.6 is 0 Å². The Balaban J connectivity index is 3.45. The Hall–Kier alpha value is -0.870. The molecule has 1 aromatic carbocycles. The molecule has 3 nitrogen and oxygen atoms in total. The molecule has 0 bridgehead atoms. The Morgan fingerprint density at radius 3 is 2.11 bits per heavy atom. The summed E-state index contributed by atoms with van der Waals surface area (Å²) in [5.74, 6) is 0.182. The lowest BCUT2D eigenvalue weighted by Gasteiger charge is -2.27. The highest BCUT2D eigenvalue weighted by Crippen LogP contribution is 2.33. The second-order valence-corrected chi connectivity index (χ2v) is 8.48. The van der Waals surface area contributed by atoms with Gasteiger partial charge in [0.1, 0.15) is 12.3 Å². The number of nitrogens with zero attached hydrogens (tertiary/aromatic N) is 1. The van der Waals surface area contributed by atoms with Crippen molar-refractivity contribution in [3.8, 4) is 5.75 Å². The zero-order valence-electron chi connectivity index (χ0n) is 13.1. The van der Waals surface area contributed by atoms with Crippen molar-refractivity contribution >= 4 is 10.8 Å². The van der Waals surface area contributed by atoms with Crippen LogP contribution in [0.2, 0.25) is 0 Å². The first-order chi connectivity index (χ1) is 8.42. The van der Waals surface area contributed by atoms with E-state index in [4.69, 9.17) is 0 Å². The average Bonchev–Trinajstić information content (AvgIpc) is 2.16. The third-order valence-corrected chi connectivity index (χ3v) is 3.90. The van der Waals surface area contributed by atoms with E-state index in [1.165, 1.54) is 0 Å². The van der Waals surface area contributed by atoms with E-state index >= 15 is 0 Å². The smallest absolute Gasteiger partial charge is 0.140 e. The molecule has 0 saturated heterocycles. The van der Waals surface area contributed by atoms with Gasteiger partial charge < -0.3 is 9.59 Å². The van der Waals surface area contributed by atoms with Crippen LogP contribution in [-0.2, 0) is 22.8 Å². The third-order valence-electron chi connectivity index (χ3n) is 2.97. The standard InChI is InChI=1S/C15H25NO2S/c1-15(2,3)12-8-11(10-16(4,5)6)14(17)13(9-12)19(7)18/h8-9H,10H2,1-7H3/p+1. The van der Waals surface area contributed by atoms with Gasteiger partial charge in [-0.2, -0.15) is 0 Å². The molecule has 0 saturated carbocycles. The summed E-state index contributed by atoms with van der Waals surface area (Å²) in [5.41, 5.74) is 1.95. The predicted molar refractivity (Wildman–Crippen MR) is 80.9 cm³/mol. The first kappa shape index (κ1) is 16.2. The van der Waals surface area contributed by atoms with Crippen molar-refractivity contribution in [1.82, 2.24) is 0 Å². The summed E-state index contributed by atoms with van der Waals surface area (Å²) >= 11 is 0. The van der Waals surface area contributed by atoms with E-state index in [0.717, 1.165) is 15.6 Å². The maximum absolute atomic E-state index is 11.8. The van der Waals surface area contributed by atoms with Gasteiger partial charge in [-0.05, 0) is 23.1 Å². The van der Waals surface area contributed by atoms with Gasteiger partial charge in [0.05, 0.1) is 36.8 Å². The predicted octanol–water partition coefficient (Wildman–Crippen LogP) is 2.63. The molecule has 0 spiro atoms. The summed E-state index contributed by atoms with van der Waals surface area (Å²) in [5, 5.41) is 10.3. The van der Waals surface area contributed by atoms with E-state index in [0.29, 0.717) is 11.4 Å². The van der Waals surface area contributed by atoms with Crippen molar-refractivity contribution in [3.63, 3.8) is 0 Å². The number of aromatic hydroxyl groups is 1. The topological polar surface area (TPSA) is 37.3 Å². The van der Waals surface area contributed by atoms with Gasteiger partial charge in [0, 0.05) is 11.8 Å². The van der Waals surface area contributed by atoms with Crippen LogP contribution in [0.3, 0.4) is 0 Å². The lowest BCUT2D eigenvalue weighted by Crippen LogP contribution is -2.33. The zero-order valence-corrected chi connectivity index (χ0v) is 13.9. The molecule has 108 valence electrons. The Morgan fingerprint density at radius 2 is 1.74 bits per heavy atom. The molecular weight excluding hydrogens is 258 g/mol. The number of benzene rings is 1. The van der Waals surface area contributed by atoms with Crippen LogP contribution in [0.15, 0.2) is 17.0 Å². The number of phenols is 1. The van der Waals surface area contributed by atoms with Gasteiger partial charge in [0.2, 0.25) is 0 Å². The molecule has 4 heteroatoms. The fourth-order valence-corrected chi connectivity index (χ4v) is 2.65. The van der Waals surface area contributed by atoms with Crippen molar-refractivity contribution < 1.29 is 13.8 Å². The van der Waals surface area contributed by atoms with Crippen molar-refractivity contribution in [2.24, 2.45) is 0 Å². The lowest BCUT2D eigenvalue weighted by molar-refractivity contribution is -0.884. The van der Waals surface area contributed by atoms with Crippen LogP contribution < -0.4 is 0 Å². The number of hydrogen-bond donors (Lipinski definition) is 1. The Labute approximate surface area is 119 Å². The van der Waals surface area contributed by atoms with Gasteiger partial charge in [0.25, 0.3) is 0 Å². The molecule has 1 aromatic rings. The fourth-order valence-electron chi connectivity index (χ4n) is 1.95. The fraction of sp³-hybridized carbons (Fsp3) is 0.600. The molecule has 0 radical (unpaired) electrons. The first-order valence-corrected chi connectivity index (χ1v) is 7.98. The molecular formula is C15H26NO2S+. The maximum atomic E-state index is 11.8. The number of phenolic OH excluding ortho intramolecular Hbond substituents is 1. The van der Waals surface area contributed by atoms with Crippen LogP contribution in [0, 0.1) is 0 Å². The van der Waals surface area contributed by atoms with E-state index in [9.17, 15) is 9.32 Å². The highest BCUT2D eigenvalue weighted by Gasteiger charge is 2.22. The number of hydrogen-bond acceptors (Lipinski definition) is 2. The van der Waals surface area contributed by atoms with Crippen molar-refractivity contribution in [2.75, 3.05) is 27.4 Å². The summed E-state index contributed by atoms with van der Waals surface area (Å²) in [6, 6.07) is 3.90. The minimum Gasteiger partial charge on any atom is -0.506 e. The van der Waals surface area contributed by atoms with Gasteiger partial charge in [-0.15, -0.1) is 0 Å². The highest BCUT2D eigenvalue weighted by molar-refractivity contribution is 7.84. The molecule has 0 aliphatic heterocycles. The maximum Gasteiger partial charge on any atom is 0.140 e. The molecule has 1 N–H and O–H groups in total. The van der Waals surface area contributed by atoms with Crippen LogP contribution in [0.1, 0.15) is 31.9 Å². The zero-order chi connectivity index (χ0) is 15.0. The number of quaternary nitrogens is 1. The molecule has 1 rings (SSSR count). The molecule has 0 fully saturated rings. The Kier molecular flexibility index (Phi) is 4.47. The van der Waals surface area contributed by atoms with Gasteiger partial charge in [-0.3, -0.25) is 4.21 Å². The van der Waals surface area contributed by atoms with Crippen LogP contribution in [-0.4, -0.2) is 41.2 Å². The van der Waals surface area contributed by atoms with Crippen LogP contribution in [0.4, 0.5) is 0 Å². The molecule has 0 heterocycles. The lowest BCUT2D eigenvalue weighted by atomic mass is 9.86. The summed E-state index contributed by atoms with van der Waals surface area (Å²) in [4.78, 5) is 0.538. The monoisotopic (exact) mass is 284 g/mol. The normalized spacial score (nSPS) is 14.5. The average molecular weight is 284 g/mol. The summed E-state index contributed by atoms with van der Waals surface area (Å²) < 4.78 is 12.5. The van der Waals surface area contributed by atoms with Gasteiger partial charge in [-0.25, -0.2) is 0 Å². The molecule has 0 aliphatic carbocycles. The van der Waals surface area contributed by atoms with Gasteiger partial charge >= 0.3 is 0 Å². The molecule has 0 aromatic heterocycles. The van der Waals surface area contributed by atoms with E-state index in [-0.39, 0.29) is 11.2 Å².